The highest BCUT2D eigenvalue weighted by atomic mass is 16.5. The monoisotopic (exact) mass is 271 g/mol. The van der Waals surface area contributed by atoms with Gasteiger partial charge >= 0.3 is 0 Å². The predicted octanol–water partition coefficient (Wildman–Crippen LogP) is 3.09. The summed E-state index contributed by atoms with van der Waals surface area (Å²) in [6, 6.07) is 11.3. The quantitative estimate of drug-likeness (QED) is 0.839. The summed E-state index contributed by atoms with van der Waals surface area (Å²) in [5.74, 6) is 1.62. The Kier molecular flexibility index (Phi) is 3.46. The maximum atomic E-state index is 12.6. The van der Waals surface area contributed by atoms with Gasteiger partial charge in [0.1, 0.15) is 11.5 Å². The summed E-state index contributed by atoms with van der Waals surface area (Å²) in [4.78, 5) is 14.5. The summed E-state index contributed by atoms with van der Waals surface area (Å²) in [5.41, 5.74) is 0.684. The molecule has 0 radical (unpaired) electrons. The molecule has 1 aromatic heterocycles. The van der Waals surface area contributed by atoms with E-state index in [1.165, 1.54) is 0 Å². The minimum atomic E-state index is 0.0477. The number of hydrogen-bond donors (Lipinski definition) is 0. The second kappa shape index (κ2) is 5.41. The summed E-state index contributed by atoms with van der Waals surface area (Å²) in [6.45, 7) is 0.530. The smallest absolute Gasteiger partial charge is 0.254 e. The van der Waals surface area contributed by atoms with E-state index in [9.17, 15) is 4.79 Å². The second-order valence-corrected chi connectivity index (χ2v) is 4.97. The van der Waals surface area contributed by atoms with Crippen molar-refractivity contribution in [1.82, 2.24) is 4.90 Å². The van der Waals surface area contributed by atoms with E-state index in [1.54, 1.807) is 25.5 Å². The van der Waals surface area contributed by atoms with Crippen molar-refractivity contribution in [3.05, 3.63) is 54.0 Å². The van der Waals surface area contributed by atoms with Crippen molar-refractivity contribution >= 4 is 5.91 Å². The minimum absolute atomic E-state index is 0.0477. The molecule has 1 saturated carbocycles. The van der Waals surface area contributed by atoms with Gasteiger partial charge in [-0.25, -0.2) is 0 Å². The molecule has 1 aliphatic rings. The molecule has 0 saturated heterocycles. The molecule has 0 N–H and O–H groups in total. The van der Waals surface area contributed by atoms with Crippen LogP contribution in [0.1, 0.15) is 29.0 Å². The van der Waals surface area contributed by atoms with Crippen molar-refractivity contribution in [3.8, 4) is 5.75 Å². The van der Waals surface area contributed by atoms with E-state index in [2.05, 4.69) is 0 Å². The Balaban J connectivity index is 1.77. The molecule has 0 unspecified atom stereocenters. The standard InChI is InChI=1S/C16H17NO3/c1-19-14-8-4-12(5-9-14)16(18)17(13-6-7-13)11-15-3-2-10-20-15/h2-5,8-10,13H,6-7,11H2,1H3. The van der Waals surface area contributed by atoms with Crippen molar-refractivity contribution in [1.29, 1.82) is 0 Å². The van der Waals surface area contributed by atoms with Gasteiger partial charge in [0.2, 0.25) is 0 Å². The lowest BCUT2D eigenvalue weighted by atomic mass is 10.2. The highest BCUT2D eigenvalue weighted by molar-refractivity contribution is 5.94. The predicted molar refractivity (Wildman–Crippen MR) is 74.6 cm³/mol. The van der Waals surface area contributed by atoms with Gasteiger partial charge in [0.25, 0.3) is 5.91 Å². The van der Waals surface area contributed by atoms with Crippen LogP contribution in [0.25, 0.3) is 0 Å². The van der Waals surface area contributed by atoms with Crippen LogP contribution < -0.4 is 4.74 Å². The van der Waals surface area contributed by atoms with Gasteiger partial charge in [-0.2, -0.15) is 0 Å². The lowest BCUT2D eigenvalue weighted by Crippen LogP contribution is -2.32. The van der Waals surface area contributed by atoms with Gasteiger partial charge in [-0.3, -0.25) is 4.79 Å². The summed E-state index contributed by atoms with van der Waals surface area (Å²) in [5, 5.41) is 0. The van der Waals surface area contributed by atoms with Crippen LogP contribution in [0.3, 0.4) is 0 Å². The van der Waals surface area contributed by atoms with Crippen LogP contribution in [-0.4, -0.2) is 24.0 Å². The minimum Gasteiger partial charge on any atom is -0.497 e. The van der Waals surface area contributed by atoms with Crippen LogP contribution in [0.15, 0.2) is 47.1 Å². The second-order valence-electron chi connectivity index (χ2n) is 4.97. The highest BCUT2D eigenvalue weighted by Gasteiger charge is 2.33. The first-order valence-electron chi connectivity index (χ1n) is 6.75. The van der Waals surface area contributed by atoms with E-state index < -0.39 is 0 Å². The number of carbonyl (C=O) groups is 1. The topological polar surface area (TPSA) is 42.7 Å². The number of amides is 1. The Morgan fingerprint density at radius 3 is 2.60 bits per heavy atom. The lowest BCUT2D eigenvalue weighted by Gasteiger charge is -2.21. The molecule has 0 bridgehead atoms. The summed E-state index contributed by atoms with van der Waals surface area (Å²) >= 11 is 0. The Hall–Kier alpha value is -2.23. The first kappa shape index (κ1) is 12.8. The number of rotatable bonds is 5. The normalized spacial score (nSPS) is 14.1. The van der Waals surface area contributed by atoms with Gasteiger partial charge < -0.3 is 14.1 Å². The molecule has 0 atom stereocenters. The number of hydrogen-bond acceptors (Lipinski definition) is 3. The Morgan fingerprint density at radius 1 is 1.30 bits per heavy atom. The number of carbonyl (C=O) groups excluding carboxylic acids is 1. The zero-order valence-corrected chi connectivity index (χ0v) is 11.4. The SMILES string of the molecule is COc1ccc(C(=O)N(Cc2ccco2)C2CC2)cc1. The average molecular weight is 271 g/mol. The molecule has 4 nitrogen and oxygen atoms in total. The van der Waals surface area contributed by atoms with Crippen LogP contribution in [-0.2, 0) is 6.54 Å². The first-order valence-corrected chi connectivity index (χ1v) is 6.75. The zero-order chi connectivity index (χ0) is 13.9. The fourth-order valence-electron chi connectivity index (χ4n) is 2.22. The van der Waals surface area contributed by atoms with E-state index in [-0.39, 0.29) is 5.91 Å². The molecule has 1 heterocycles. The third kappa shape index (κ3) is 2.69. The number of methoxy groups -OCH3 is 1. The maximum absolute atomic E-state index is 12.6. The fraction of sp³-hybridized carbons (Fsp3) is 0.312. The third-order valence-corrected chi connectivity index (χ3v) is 3.49. The van der Waals surface area contributed by atoms with E-state index in [0.717, 1.165) is 24.4 Å². The molecule has 2 aromatic rings. The number of furan rings is 1. The summed E-state index contributed by atoms with van der Waals surface area (Å²) < 4.78 is 10.5. The number of ether oxygens (including phenoxy) is 1. The summed E-state index contributed by atoms with van der Waals surface area (Å²) in [6.07, 6.45) is 3.78. The molecule has 20 heavy (non-hydrogen) atoms. The van der Waals surface area contributed by atoms with Gasteiger partial charge in [-0.15, -0.1) is 0 Å². The average Bonchev–Trinajstić information content (AvgIpc) is 3.21. The number of nitrogens with zero attached hydrogens (tertiary/aromatic N) is 1. The maximum Gasteiger partial charge on any atom is 0.254 e. The molecular weight excluding hydrogens is 254 g/mol. The van der Waals surface area contributed by atoms with Crippen LogP contribution >= 0.6 is 0 Å². The Labute approximate surface area is 118 Å². The zero-order valence-electron chi connectivity index (χ0n) is 11.4. The van der Waals surface area contributed by atoms with Gasteiger partial charge in [0.15, 0.2) is 0 Å². The van der Waals surface area contributed by atoms with Gasteiger partial charge in [0.05, 0.1) is 19.9 Å². The van der Waals surface area contributed by atoms with Gasteiger partial charge in [0, 0.05) is 11.6 Å². The first-order chi connectivity index (χ1) is 9.78. The largest absolute Gasteiger partial charge is 0.497 e. The summed E-state index contributed by atoms with van der Waals surface area (Å²) in [7, 11) is 1.62. The molecule has 0 aliphatic heterocycles. The molecule has 0 spiro atoms. The van der Waals surface area contributed by atoms with Crippen molar-refractivity contribution < 1.29 is 13.9 Å². The van der Waals surface area contributed by atoms with Crippen LogP contribution in [0, 0.1) is 0 Å². The Morgan fingerprint density at radius 2 is 2.05 bits per heavy atom. The van der Waals surface area contributed by atoms with E-state index in [4.69, 9.17) is 9.15 Å². The molecule has 104 valence electrons. The van der Waals surface area contributed by atoms with Crippen LogP contribution in [0.4, 0.5) is 0 Å². The van der Waals surface area contributed by atoms with Crippen molar-refractivity contribution in [2.45, 2.75) is 25.4 Å². The van der Waals surface area contributed by atoms with E-state index in [1.807, 2.05) is 29.2 Å². The molecule has 1 fully saturated rings. The molecule has 1 aromatic carbocycles. The van der Waals surface area contributed by atoms with Gasteiger partial charge in [-0.05, 0) is 49.2 Å². The van der Waals surface area contributed by atoms with E-state index >= 15 is 0 Å². The highest BCUT2D eigenvalue weighted by Crippen LogP contribution is 2.30. The van der Waals surface area contributed by atoms with Crippen molar-refractivity contribution in [3.63, 3.8) is 0 Å². The molecular formula is C16H17NO3. The van der Waals surface area contributed by atoms with Gasteiger partial charge in [-0.1, -0.05) is 0 Å². The molecule has 4 heteroatoms. The fourth-order valence-corrected chi connectivity index (χ4v) is 2.22. The molecule has 1 aliphatic carbocycles. The molecule has 3 rings (SSSR count). The van der Waals surface area contributed by atoms with Crippen molar-refractivity contribution in [2.75, 3.05) is 7.11 Å². The van der Waals surface area contributed by atoms with Crippen LogP contribution in [0.2, 0.25) is 0 Å². The van der Waals surface area contributed by atoms with E-state index in [0.29, 0.717) is 18.2 Å². The Bertz CT molecular complexity index is 570. The molecule has 1 amide bonds. The number of benzene rings is 1. The van der Waals surface area contributed by atoms with Crippen molar-refractivity contribution in [2.24, 2.45) is 0 Å². The van der Waals surface area contributed by atoms with Crippen LogP contribution in [0.5, 0.6) is 5.75 Å². The third-order valence-electron chi connectivity index (χ3n) is 3.49. The lowest BCUT2D eigenvalue weighted by molar-refractivity contribution is 0.0717.